The normalized spacial score (nSPS) is 10.3. The molecule has 0 atom stereocenters. The summed E-state index contributed by atoms with van der Waals surface area (Å²) >= 11 is 12.1. The molecule has 10 rings (SSSR count). The third kappa shape index (κ3) is 16.7. The molecule has 5 N–H and O–H groups in total. The highest BCUT2D eigenvalue weighted by Crippen LogP contribution is 2.25. The molecule has 79 heavy (non-hydrogen) atoms. The lowest BCUT2D eigenvalue weighted by molar-refractivity contribution is 0.462. The molecule has 0 aliphatic carbocycles. The Labute approximate surface area is 471 Å². The molecule has 0 radical (unpaired) electrons. The number of aromatic amines is 3. The van der Waals surface area contributed by atoms with Gasteiger partial charge >= 0.3 is 0 Å². The number of benzene rings is 5. The fourth-order valence-corrected chi connectivity index (χ4v) is 8.61. The number of nitriles is 3. The summed E-state index contributed by atoms with van der Waals surface area (Å²) in [4.78, 5) is 8.35. The van der Waals surface area contributed by atoms with Gasteiger partial charge in [-0.2, -0.15) is 31.1 Å². The van der Waals surface area contributed by atoms with Crippen LogP contribution in [0.25, 0.3) is 0 Å². The fourth-order valence-electron chi connectivity index (χ4n) is 8.19. The Bertz CT molecular complexity index is 3660. The van der Waals surface area contributed by atoms with Crippen LogP contribution in [0.4, 0.5) is 11.6 Å². The average molecular weight is 1090 g/mol. The van der Waals surface area contributed by atoms with Gasteiger partial charge in [0, 0.05) is 67.1 Å². The maximum Gasteiger partial charge on any atom is 0.219 e. The Balaban J connectivity index is 0.000000173. The highest BCUT2D eigenvalue weighted by atomic mass is 35.5. The zero-order valence-electron chi connectivity index (χ0n) is 43.3. The van der Waals surface area contributed by atoms with E-state index in [0.717, 1.165) is 73.9 Å². The molecule has 10 aromatic rings. The van der Waals surface area contributed by atoms with Crippen LogP contribution in [0, 0.1) is 54.8 Å². The van der Waals surface area contributed by atoms with Gasteiger partial charge in [0.2, 0.25) is 5.88 Å². The zero-order chi connectivity index (χ0) is 54.6. The highest BCUT2D eigenvalue weighted by Gasteiger charge is 2.16. The Hall–Kier alpha value is -9.52. The Morgan fingerprint density at radius 1 is 0.494 bits per heavy atom. The topological polar surface area (TPSA) is 216 Å². The van der Waals surface area contributed by atoms with Gasteiger partial charge in [0.25, 0.3) is 0 Å². The molecule has 16 heteroatoms. The molecule has 0 aliphatic heterocycles. The number of hydrogen-bond donors (Lipinski definition) is 5. The lowest BCUT2D eigenvalue weighted by Gasteiger charge is -2.06. The summed E-state index contributed by atoms with van der Waals surface area (Å²) in [5.74, 6) is 2.48. The number of nitrogens with one attached hydrogen (secondary N) is 5. The van der Waals surface area contributed by atoms with E-state index in [1.54, 1.807) is 18.6 Å². The van der Waals surface area contributed by atoms with Crippen LogP contribution in [-0.2, 0) is 45.2 Å². The third-order valence-corrected chi connectivity index (χ3v) is 12.9. The second-order valence-electron chi connectivity index (χ2n) is 18.5. The van der Waals surface area contributed by atoms with Gasteiger partial charge in [-0.05, 0) is 115 Å². The number of aryl methyl sites for hydroxylation is 5. The van der Waals surface area contributed by atoms with Crippen molar-refractivity contribution in [3.8, 4) is 29.8 Å². The van der Waals surface area contributed by atoms with Crippen LogP contribution >= 0.6 is 23.2 Å². The first-order valence-electron chi connectivity index (χ1n) is 25.1. The average Bonchev–Trinajstić information content (AvgIpc) is 4.20. The number of pyridine rings is 2. The van der Waals surface area contributed by atoms with Crippen LogP contribution in [0.2, 0.25) is 10.0 Å². The standard InChI is InChI=1S/C25H21ClN4O.C19H17ClN4.C18H17N5.CH4/c1-17-5-12-25(28-16-17)31-21-9-6-18(7-10-21)8-11-23-22(15-27)24(30-29-23)14-19-3-2-4-20(26)13-19;1-13-5-7-14(8-6-13)12-22-19-17(11-21)18(23-24-19)10-15-3-2-4-16(20)9-15;1-13-4-6-14(7-5-13)12-21-18-16(10-19)17(22-23-18)9-15-3-2-8-20-11-15;/h2-7,9-10,12-13,16H,8,11,14H2,1H3,(H,29,30);2-9H,10,12H2,1H3,(H2,22,23,24);2-8,11H,9,12H2,1H3,(H2,21,22,23);1H4. The maximum absolute atomic E-state index is 9.65. The summed E-state index contributed by atoms with van der Waals surface area (Å²) in [5, 5.41) is 58.2. The van der Waals surface area contributed by atoms with Crippen molar-refractivity contribution < 1.29 is 4.74 Å². The van der Waals surface area contributed by atoms with E-state index in [-0.39, 0.29) is 7.43 Å². The molecule has 0 unspecified atom stereocenters. The third-order valence-electron chi connectivity index (χ3n) is 12.4. The van der Waals surface area contributed by atoms with E-state index < -0.39 is 0 Å². The molecule has 5 heterocycles. The van der Waals surface area contributed by atoms with Crippen LogP contribution in [0.15, 0.2) is 164 Å². The first kappa shape index (κ1) is 57.2. The van der Waals surface area contributed by atoms with Gasteiger partial charge in [0.05, 0.1) is 28.3 Å². The van der Waals surface area contributed by atoms with E-state index in [0.29, 0.717) is 83.0 Å². The zero-order valence-corrected chi connectivity index (χ0v) is 44.8. The molecule has 0 saturated carbocycles. The van der Waals surface area contributed by atoms with E-state index in [4.69, 9.17) is 27.9 Å². The maximum atomic E-state index is 9.65. The SMILES string of the molecule is C.Cc1ccc(CNc2n[nH]c(Cc3cccc(Cl)c3)c2C#N)cc1.Cc1ccc(CNc2n[nH]c(Cc3cccnc3)c2C#N)cc1.Cc1ccc(Oc2ccc(CCc3n[nH]c(Cc4cccc(Cl)c4)c3C#N)cc2)nc1. The van der Waals surface area contributed by atoms with E-state index in [1.807, 2.05) is 104 Å². The number of ether oxygens (including phenoxy) is 1. The van der Waals surface area contributed by atoms with Crippen molar-refractivity contribution in [2.75, 3.05) is 10.6 Å². The summed E-state index contributed by atoms with van der Waals surface area (Å²) in [6.45, 7) is 7.36. The first-order chi connectivity index (χ1) is 38.0. The van der Waals surface area contributed by atoms with Gasteiger partial charge in [0.1, 0.15) is 35.1 Å². The molecule has 0 bridgehead atoms. The minimum Gasteiger partial charge on any atom is -0.439 e. The second kappa shape index (κ2) is 28.6. The molecule has 0 fully saturated rings. The number of H-pyrrole nitrogens is 3. The van der Waals surface area contributed by atoms with Gasteiger partial charge in [-0.25, -0.2) is 4.98 Å². The predicted octanol–water partition coefficient (Wildman–Crippen LogP) is 14.1. The van der Waals surface area contributed by atoms with Gasteiger partial charge < -0.3 is 15.4 Å². The molecule has 0 saturated heterocycles. The first-order valence-corrected chi connectivity index (χ1v) is 25.8. The molecule has 0 amide bonds. The number of rotatable bonds is 17. The van der Waals surface area contributed by atoms with Gasteiger partial charge in [-0.1, -0.05) is 139 Å². The van der Waals surface area contributed by atoms with Gasteiger partial charge in [-0.3, -0.25) is 20.3 Å². The number of aromatic nitrogens is 8. The molecule has 5 aromatic carbocycles. The molecule has 14 nitrogen and oxygen atoms in total. The monoisotopic (exact) mass is 1080 g/mol. The van der Waals surface area contributed by atoms with Crippen molar-refractivity contribution in [2.45, 2.75) is 73.4 Å². The molecule has 5 aromatic heterocycles. The summed E-state index contributed by atoms with van der Waals surface area (Å²) in [7, 11) is 0. The smallest absolute Gasteiger partial charge is 0.219 e. The Kier molecular flexibility index (Phi) is 20.7. The number of nitrogens with zero attached hydrogens (tertiary/aromatic N) is 8. The van der Waals surface area contributed by atoms with Crippen molar-refractivity contribution in [1.82, 2.24) is 40.6 Å². The van der Waals surface area contributed by atoms with Gasteiger partial charge in [0.15, 0.2) is 11.6 Å². The lowest BCUT2D eigenvalue weighted by Crippen LogP contribution is -2.01. The van der Waals surface area contributed by atoms with Crippen molar-refractivity contribution in [3.05, 3.63) is 264 Å². The van der Waals surface area contributed by atoms with Crippen molar-refractivity contribution in [3.63, 3.8) is 0 Å². The van der Waals surface area contributed by atoms with Crippen LogP contribution in [0.5, 0.6) is 11.6 Å². The fraction of sp³-hybridized carbons (Fsp3) is 0.175. The number of hydrogen-bond acceptors (Lipinski definition) is 11. The van der Waals surface area contributed by atoms with E-state index in [9.17, 15) is 15.8 Å². The van der Waals surface area contributed by atoms with Crippen LogP contribution in [0.1, 0.15) is 97.0 Å². The largest absolute Gasteiger partial charge is 0.439 e. The van der Waals surface area contributed by atoms with Crippen molar-refractivity contribution in [1.29, 1.82) is 15.8 Å². The van der Waals surface area contributed by atoms with Crippen molar-refractivity contribution in [2.24, 2.45) is 0 Å². The summed E-state index contributed by atoms with van der Waals surface area (Å²) in [5.41, 5.74) is 15.0. The summed E-state index contributed by atoms with van der Waals surface area (Å²) in [6.07, 6.45) is 8.54. The quantitative estimate of drug-likeness (QED) is 0.0578. The minimum absolute atomic E-state index is 0. The van der Waals surface area contributed by atoms with Crippen LogP contribution in [0.3, 0.4) is 0 Å². The number of anilines is 2. The van der Waals surface area contributed by atoms with E-state index >= 15 is 0 Å². The molecule has 0 aliphatic rings. The van der Waals surface area contributed by atoms with Gasteiger partial charge in [-0.15, -0.1) is 0 Å². The summed E-state index contributed by atoms with van der Waals surface area (Å²) < 4.78 is 5.78. The predicted molar refractivity (Wildman–Crippen MR) is 312 cm³/mol. The molecule has 0 spiro atoms. The second-order valence-corrected chi connectivity index (χ2v) is 19.3. The Morgan fingerprint density at radius 3 is 1.46 bits per heavy atom. The minimum atomic E-state index is 0. The van der Waals surface area contributed by atoms with E-state index in [1.165, 1.54) is 11.1 Å². The van der Waals surface area contributed by atoms with Crippen molar-refractivity contribution >= 4 is 34.8 Å². The molecule has 396 valence electrons. The Morgan fingerprint density at radius 2 is 0.975 bits per heavy atom. The molecular formula is C63H59Cl2N13O. The molecular weight excluding hydrogens is 1030 g/mol. The van der Waals surface area contributed by atoms with Crippen LogP contribution < -0.4 is 15.4 Å². The lowest BCUT2D eigenvalue weighted by atomic mass is 10.0. The highest BCUT2D eigenvalue weighted by molar-refractivity contribution is 6.30. The van der Waals surface area contributed by atoms with Crippen LogP contribution in [-0.4, -0.2) is 40.6 Å². The summed E-state index contributed by atoms with van der Waals surface area (Å²) in [6, 6.07) is 54.1. The number of halogens is 2. The van der Waals surface area contributed by atoms with E-state index in [2.05, 4.69) is 132 Å².